The van der Waals surface area contributed by atoms with Crippen LogP contribution in [0.1, 0.15) is 16.7 Å². The number of hydrogen-bond acceptors (Lipinski definition) is 7. The van der Waals surface area contributed by atoms with Crippen molar-refractivity contribution in [1.82, 2.24) is 10.2 Å². The molecule has 0 saturated heterocycles. The molecular formula is C19H18FN3O4S2. The minimum absolute atomic E-state index is 0.0206. The average Bonchev–Trinajstić information content (AvgIpc) is 3.12. The molecule has 0 bridgehead atoms. The maximum atomic E-state index is 13.7. The highest BCUT2D eigenvalue weighted by Gasteiger charge is 2.23. The third-order valence-electron chi connectivity index (χ3n) is 3.98. The Kier molecular flexibility index (Phi) is 6.23. The fraction of sp³-hybridized carbons (Fsp3) is 0.211. The first-order valence-corrected chi connectivity index (χ1v) is 11.0. The van der Waals surface area contributed by atoms with E-state index in [-0.39, 0.29) is 21.6 Å². The number of halogens is 1. The summed E-state index contributed by atoms with van der Waals surface area (Å²) in [7, 11) is -3.89. The van der Waals surface area contributed by atoms with E-state index in [1.165, 1.54) is 18.2 Å². The molecule has 0 unspecified atom stereocenters. The van der Waals surface area contributed by atoms with E-state index in [0.29, 0.717) is 17.1 Å². The first-order chi connectivity index (χ1) is 13.8. The molecule has 10 heteroatoms. The van der Waals surface area contributed by atoms with Crippen LogP contribution in [-0.4, -0.2) is 31.1 Å². The molecule has 0 spiro atoms. The molecule has 1 amide bonds. The summed E-state index contributed by atoms with van der Waals surface area (Å²) in [4.78, 5) is 12.1. The molecule has 2 aromatic carbocycles. The van der Waals surface area contributed by atoms with E-state index >= 15 is 0 Å². The number of carbonyl (C=O) groups is 1. The first-order valence-electron chi connectivity index (χ1n) is 8.55. The third kappa shape index (κ3) is 5.15. The van der Waals surface area contributed by atoms with E-state index in [2.05, 4.69) is 15.5 Å². The summed E-state index contributed by atoms with van der Waals surface area (Å²) in [5, 5.41) is 9.78. The number of rotatable bonds is 7. The van der Waals surface area contributed by atoms with Gasteiger partial charge in [0.05, 0.1) is 5.75 Å². The van der Waals surface area contributed by atoms with E-state index in [0.717, 1.165) is 11.1 Å². The largest absolute Gasteiger partial charge is 0.483 e. The summed E-state index contributed by atoms with van der Waals surface area (Å²) in [6, 6.07) is 11.2. The minimum atomic E-state index is -3.89. The number of anilines is 1. The molecule has 0 saturated carbocycles. The van der Waals surface area contributed by atoms with Crippen molar-refractivity contribution >= 4 is 32.2 Å². The van der Waals surface area contributed by atoms with Gasteiger partial charge in [0.2, 0.25) is 19.3 Å². The number of benzene rings is 2. The zero-order valence-corrected chi connectivity index (χ0v) is 17.3. The molecule has 3 aromatic rings. The van der Waals surface area contributed by atoms with Gasteiger partial charge in [-0.25, -0.2) is 12.8 Å². The van der Waals surface area contributed by atoms with Crippen molar-refractivity contribution in [2.24, 2.45) is 0 Å². The number of carbonyl (C=O) groups excluding carboxylic acids is 1. The highest BCUT2D eigenvalue weighted by Crippen LogP contribution is 2.25. The molecule has 0 aliphatic carbocycles. The van der Waals surface area contributed by atoms with Gasteiger partial charge in [0, 0.05) is 5.56 Å². The lowest BCUT2D eigenvalue weighted by atomic mass is 10.1. The van der Waals surface area contributed by atoms with Gasteiger partial charge >= 0.3 is 0 Å². The van der Waals surface area contributed by atoms with Crippen LogP contribution >= 0.6 is 11.3 Å². The predicted octanol–water partition coefficient (Wildman–Crippen LogP) is 3.29. The number of aromatic nitrogens is 2. The molecule has 0 radical (unpaired) electrons. The van der Waals surface area contributed by atoms with Crippen molar-refractivity contribution in [1.29, 1.82) is 0 Å². The predicted molar refractivity (Wildman–Crippen MR) is 107 cm³/mol. The fourth-order valence-electron chi connectivity index (χ4n) is 2.59. The molecule has 1 aromatic heterocycles. The number of hydrogen-bond donors (Lipinski definition) is 1. The van der Waals surface area contributed by atoms with Gasteiger partial charge in [-0.1, -0.05) is 47.7 Å². The number of para-hydroxylation sites is 1. The molecular weight excluding hydrogens is 417 g/mol. The highest BCUT2D eigenvalue weighted by molar-refractivity contribution is 7.92. The molecule has 1 heterocycles. The average molecular weight is 436 g/mol. The lowest BCUT2D eigenvalue weighted by Gasteiger charge is -2.11. The van der Waals surface area contributed by atoms with Gasteiger partial charge in [0.1, 0.15) is 11.6 Å². The van der Waals surface area contributed by atoms with Crippen LogP contribution in [0.4, 0.5) is 9.52 Å². The zero-order chi connectivity index (χ0) is 21.0. The van der Waals surface area contributed by atoms with Crippen LogP contribution in [0.3, 0.4) is 0 Å². The Morgan fingerprint density at radius 1 is 1.10 bits per heavy atom. The van der Waals surface area contributed by atoms with Crippen molar-refractivity contribution in [3.05, 3.63) is 65.0 Å². The van der Waals surface area contributed by atoms with E-state index in [9.17, 15) is 17.6 Å². The van der Waals surface area contributed by atoms with E-state index < -0.39 is 27.3 Å². The Hall–Kier alpha value is -2.85. The molecule has 3 rings (SSSR count). The zero-order valence-electron chi connectivity index (χ0n) is 15.7. The van der Waals surface area contributed by atoms with Gasteiger partial charge in [-0.15, -0.1) is 10.2 Å². The normalized spacial score (nSPS) is 11.3. The van der Waals surface area contributed by atoms with E-state index in [1.807, 2.05) is 32.0 Å². The SMILES string of the molecule is Cc1cccc(C)c1OCC(=O)Nc1nnc(S(=O)(=O)Cc2ccccc2F)s1. The Morgan fingerprint density at radius 3 is 2.48 bits per heavy atom. The maximum Gasteiger partial charge on any atom is 0.264 e. The van der Waals surface area contributed by atoms with E-state index in [4.69, 9.17) is 4.74 Å². The molecule has 0 aliphatic rings. The Morgan fingerprint density at radius 2 is 1.79 bits per heavy atom. The summed E-state index contributed by atoms with van der Waals surface area (Å²) in [5.41, 5.74) is 1.83. The minimum Gasteiger partial charge on any atom is -0.483 e. The molecule has 0 atom stereocenters. The Bertz CT molecular complexity index is 1130. The monoisotopic (exact) mass is 435 g/mol. The topological polar surface area (TPSA) is 98.2 Å². The van der Waals surface area contributed by atoms with Gasteiger partial charge < -0.3 is 4.74 Å². The van der Waals surface area contributed by atoms with Crippen LogP contribution in [0.5, 0.6) is 5.75 Å². The number of nitrogens with one attached hydrogen (secondary N) is 1. The van der Waals surface area contributed by atoms with Crippen LogP contribution in [0.25, 0.3) is 0 Å². The smallest absolute Gasteiger partial charge is 0.264 e. The van der Waals surface area contributed by atoms with Crippen LogP contribution < -0.4 is 10.1 Å². The van der Waals surface area contributed by atoms with Crippen LogP contribution in [0, 0.1) is 19.7 Å². The number of nitrogens with zero attached hydrogens (tertiary/aromatic N) is 2. The molecule has 0 fully saturated rings. The van der Waals surface area contributed by atoms with Gasteiger partial charge in [-0.2, -0.15) is 0 Å². The molecule has 152 valence electrons. The molecule has 29 heavy (non-hydrogen) atoms. The number of aryl methyl sites for hydroxylation is 2. The summed E-state index contributed by atoms with van der Waals surface area (Å²) >= 11 is 0.701. The van der Waals surface area contributed by atoms with Crippen molar-refractivity contribution in [3.63, 3.8) is 0 Å². The van der Waals surface area contributed by atoms with Crippen LogP contribution in [0.15, 0.2) is 46.8 Å². The molecule has 7 nitrogen and oxygen atoms in total. The van der Waals surface area contributed by atoms with Gasteiger partial charge in [0.15, 0.2) is 6.61 Å². The number of amides is 1. The Labute approximate surface area is 171 Å². The van der Waals surface area contributed by atoms with E-state index in [1.54, 1.807) is 6.07 Å². The van der Waals surface area contributed by atoms with Crippen molar-refractivity contribution in [3.8, 4) is 5.75 Å². The summed E-state index contributed by atoms with van der Waals surface area (Å²) in [5.74, 6) is -1.04. The van der Waals surface area contributed by atoms with Crippen LogP contribution in [0.2, 0.25) is 0 Å². The standard InChI is InChI=1S/C19H18FN3O4S2/c1-12-6-5-7-13(2)17(12)27-10-16(24)21-18-22-23-19(28-18)29(25,26)11-14-8-3-4-9-15(14)20/h3-9H,10-11H2,1-2H3,(H,21,22,24). The Balaban J connectivity index is 1.64. The summed E-state index contributed by atoms with van der Waals surface area (Å²) in [6.07, 6.45) is 0. The summed E-state index contributed by atoms with van der Waals surface area (Å²) < 4.78 is 43.9. The van der Waals surface area contributed by atoms with Crippen molar-refractivity contribution in [2.75, 3.05) is 11.9 Å². The van der Waals surface area contributed by atoms with Gasteiger partial charge in [-0.3, -0.25) is 10.1 Å². The molecule has 0 aliphatic heterocycles. The fourth-order valence-corrected chi connectivity index (χ4v) is 4.94. The second kappa shape index (κ2) is 8.66. The quantitative estimate of drug-likeness (QED) is 0.572. The summed E-state index contributed by atoms with van der Waals surface area (Å²) in [6.45, 7) is 3.48. The van der Waals surface area contributed by atoms with Gasteiger partial charge in [0.25, 0.3) is 5.91 Å². The third-order valence-corrected chi connectivity index (χ3v) is 6.93. The van der Waals surface area contributed by atoms with Crippen LogP contribution in [-0.2, 0) is 20.4 Å². The first kappa shape index (κ1) is 20.9. The number of sulfone groups is 1. The second-order valence-electron chi connectivity index (χ2n) is 6.28. The van der Waals surface area contributed by atoms with Crippen molar-refractivity contribution in [2.45, 2.75) is 23.9 Å². The maximum absolute atomic E-state index is 13.7. The second-order valence-corrected chi connectivity index (χ2v) is 9.42. The van der Waals surface area contributed by atoms with Gasteiger partial charge in [-0.05, 0) is 31.0 Å². The van der Waals surface area contributed by atoms with Crippen molar-refractivity contribution < 1.29 is 22.3 Å². The lowest BCUT2D eigenvalue weighted by molar-refractivity contribution is -0.118. The number of ether oxygens (including phenoxy) is 1. The lowest BCUT2D eigenvalue weighted by Crippen LogP contribution is -2.20. The highest BCUT2D eigenvalue weighted by atomic mass is 32.2. The molecule has 1 N–H and O–H groups in total.